The zero-order chi connectivity index (χ0) is 23.5. The average Bonchev–Trinajstić information content (AvgIpc) is 3.22. The van der Waals surface area contributed by atoms with E-state index < -0.39 is 17.2 Å². The van der Waals surface area contributed by atoms with Crippen LogP contribution in [0.15, 0.2) is 68.5 Å². The topological polar surface area (TPSA) is 103 Å². The molecule has 4 rings (SSSR count). The molecule has 10 heteroatoms. The van der Waals surface area contributed by atoms with Crippen molar-refractivity contribution in [3.8, 4) is 5.69 Å². The Hall–Kier alpha value is -3.50. The summed E-state index contributed by atoms with van der Waals surface area (Å²) >= 11 is 2.68. The molecule has 2 heterocycles. The van der Waals surface area contributed by atoms with E-state index in [4.69, 9.17) is 0 Å². The Balaban J connectivity index is 1.77. The van der Waals surface area contributed by atoms with Crippen molar-refractivity contribution in [1.82, 2.24) is 14.1 Å². The van der Waals surface area contributed by atoms with E-state index in [1.165, 1.54) is 34.6 Å². The number of amides is 1. The lowest BCUT2D eigenvalue weighted by Crippen LogP contribution is -2.40. The van der Waals surface area contributed by atoms with E-state index >= 15 is 0 Å². The molecule has 0 atom stereocenters. The predicted molar refractivity (Wildman–Crippen MR) is 131 cm³/mol. The summed E-state index contributed by atoms with van der Waals surface area (Å²) in [6.07, 6.45) is 0. The number of thioether (sulfide) groups is 1. The Bertz CT molecular complexity index is 1450. The maximum absolute atomic E-state index is 13.3. The van der Waals surface area contributed by atoms with Crippen LogP contribution in [0.2, 0.25) is 0 Å². The number of nitrogens with one attached hydrogen (secondary N) is 1. The number of carbonyl (C=O) groups excluding carboxylic acids is 2. The molecular formula is C23H20N4O4S2. The lowest BCUT2D eigenvalue weighted by Gasteiger charge is -2.12. The number of hydrogen-bond acceptors (Lipinski definition) is 7. The van der Waals surface area contributed by atoms with Gasteiger partial charge in [0.05, 0.1) is 5.69 Å². The number of benzene rings is 2. The third-order valence-corrected chi connectivity index (χ3v) is 6.88. The molecule has 0 saturated carbocycles. The van der Waals surface area contributed by atoms with Crippen molar-refractivity contribution in [2.75, 3.05) is 11.1 Å². The van der Waals surface area contributed by atoms with Crippen LogP contribution in [0.3, 0.4) is 0 Å². The second kappa shape index (κ2) is 9.55. The van der Waals surface area contributed by atoms with Crippen molar-refractivity contribution in [2.24, 2.45) is 0 Å². The van der Waals surface area contributed by atoms with Crippen molar-refractivity contribution in [1.29, 1.82) is 0 Å². The minimum absolute atomic E-state index is 0.0747. The number of thiazole rings is 1. The number of nitrogens with zero attached hydrogens (tertiary/aromatic N) is 3. The molecular weight excluding hydrogens is 460 g/mol. The second-order valence-electron chi connectivity index (χ2n) is 7.09. The summed E-state index contributed by atoms with van der Waals surface area (Å²) < 4.78 is 3.26. The number of anilines is 1. The van der Waals surface area contributed by atoms with Crippen LogP contribution in [0.4, 0.5) is 5.69 Å². The fourth-order valence-corrected chi connectivity index (χ4v) is 5.25. The maximum Gasteiger partial charge on any atom is 0.337 e. The van der Waals surface area contributed by atoms with Crippen LogP contribution in [0.1, 0.15) is 24.2 Å². The van der Waals surface area contributed by atoms with Gasteiger partial charge in [-0.2, -0.15) is 0 Å². The molecule has 0 bridgehead atoms. The molecule has 0 fully saturated rings. The van der Waals surface area contributed by atoms with Gasteiger partial charge in [-0.25, -0.2) is 14.3 Å². The van der Waals surface area contributed by atoms with E-state index in [9.17, 15) is 19.2 Å². The highest BCUT2D eigenvalue weighted by molar-refractivity contribution is 8.01. The molecule has 2 aromatic heterocycles. The zero-order valence-corrected chi connectivity index (χ0v) is 19.5. The Kier molecular flexibility index (Phi) is 6.57. The number of aromatic nitrogens is 3. The first-order valence-corrected chi connectivity index (χ1v) is 11.9. The van der Waals surface area contributed by atoms with E-state index in [1.807, 2.05) is 6.92 Å². The molecule has 0 saturated heterocycles. The van der Waals surface area contributed by atoms with Gasteiger partial charge in [-0.3, -0.25) is 19.0 Å². The average molecular weight is 481 g/mol. The summed E-state index contributed by atoms with van der Waals surface area (Å²) in [6, 6.07) is 15.1. The molecule has 1 N–H and O–H groups in total. The van der Waals surface area contributed by atoms with Gasteiger partial charge >= 0.3 is 5.69 Å². The first-order chi connectivity index (χ1) is 15.9. The number of carbonyl (C=O) groups is 2. The van der Waals surface area contributed by atoms with Crippen LogP contribution in [0, 0.1) is 0 Å². The van der Waals surface area contributed by atoms with Gasteiger partial charge in [0.25, 0.3) is 5.56 Å². The predicted octanol–water partition coefficient (Wildman–Crippen LogP) is 3.56. The largest absolute Gasteiger partial charge is 0.337 e. The molecule has 168 valence electrons. The lowest BCUT2D eigenvalue weighted by molar-refractivity contribution is -0.116. The molecule has 0 aliphatic heterocycles. The fraction of sp³-hybridized carbons (Fsp3) is 0.174. The van der Waals surface area contributed by atoms with Crippen LogP contribution in [-0.2, 0) is 11.3 Å². The highest BCUT2D eigenvalue weighted by atomic mass is 32.2. The highest BCUT2D eigenvalue weighted by Crippen LogP contribution is 2.27. The van der Waals surface area contributed by atoms with Crippen LogP contribution >= 0.6 is 23.1 Å². The first-order valence-electron chi connectivity index (χ1n) is 10.1. The van der Waals surface area contributed by atoms with E-state index in [2.05, 4.69) is 10.3 Å². The van der Waals surface area contributed by atoms with Crippen molar-refractivity contribution < 1.29 is 9.59 Å². The van der Waals surface area contributed by atoms with Crippen molar-refractivity contribution in [3.63, 3.8) is 0 Å². The SMILES string of the molecule is CCSc1nc2c(s1)c(=O)n(-c1ccccc1)c(=O)n2CC(=O)Nc1ccc(C(C)=O)cc1. The minimum Gasteiger partial charge on any atom is -0.325 e. The number of rotatable bonds is 7. The van der Waals surface area contributed by atoms with Gasteiger partial charge in [0, 0.05) is 11.3 Å². The third kappa shape index (κ3) is 4.67. The van der Waals surface area contributed by atoms with E-state index in [-0.39, 0.29) is 18.0 Å². The van der Waals surface area contributed by atoms with Gasteiger partial charge in [0.1, 0.15) is 11.2 Å². The number of para-hydroxylation sites is 1. The monoisotopic (exact) mass is 480 g/mol. The molecule has 0 spiro atoms. The molecule has 4 aromatic rings. The van der Waals surface area contributed by atoms with Crippen LogP contribution < -0.4 is 16.6 Å². The molecule has 8 nitrogen and oxygen atoms in total. The Morgan fingerprint density at radius 2 is 1.76 bits per heavy atom. The molecule has 0 aliphatic carbocycles. The van der Waals surface area contributed by atoms with Crippen LogP contribution in [-0.4, -0.2) is 31.6 Å². The standard InChI is InChI=1S/C23H20N4O4S2/c1-3-32-22-25-20-19(33-22)21(30)27(17-7-5-4-6-8-17)23(31)26(20)13-18(29)24-16-11-9-15(10-12-16)14(2)28/h4-12H,3,13H2,1-2H3,(H,24,29). The lowest BCUT2D eigenvalue weighted by atomic mass is 10.1. The summed E-state index contributed by atoms with van der Waals surface area (Å²) in [5.41, 5.74) is 0.536. The maximum atomic E-state index is 13.3. The number of fused-ring (bicyclic) bond motifs is 1. The number of Topliss-reactive ketones (excluding diaryl/α,β-unsaturated/α-hetero) is 1. The number of hydrogen-bond donors (Lipinski definition) is 1. The fourth-order valence-electron chi connectivity index (χ4n) is 3.28. The van der Waals surface area contributed by atoms with Gasteiger partial charge in [-0.1, -0.05) is 36.9 Å². The van der Waals surface area contributed by atoms with Gasteiger partial charge in [0.15, 0.2) is 15.8 Å². The van der Waals surface area contributed by atoms with Crippen LogP contribution in [0.25, 0.3) is 16.0 Å². The van der Waals surface area contributed by atoms with Crippen molar-refractivity contribution in [2.45, 2.75) is 24.7 Å². The van der Waals surface area contributed by atoms with E-state index in [0.29, 0.717) is 26.0 Å². The van der Waals surface area contributed by atoms with Crippen LogP contribution in [0.5, 0.6) is 0 Å². The van der Waals surface area contributed by atoms with Gasteiger partial charge in [0.2, 0.25) is 5.91 Å². The molecule has 0 unspecified atom stereocenters. The molecule has 0 radical (unpaired) electrons. The minimum atomic E-state index is -0.640. The quantitative estimate of drug-likeness (QED) is 0.320. The van der Waals surface area contributed by atoms with E-state index in [1.54, 1.807) is 54.6 Å². The first kappa shape index (κ1) is 22.7. The number of ketones is 1. The Labute approximate surface area is 196 Å². The molecule has 0 aliphatic rings. The molecule has 33 heavy (non-hydrogen) atoms. The molecule has 2 aromatic carbocycles. The van der Waals surface area contributed by atoms with Gasteiger partial charge in [-0.05, 0) is 49.1 Å². The summed E-state index contributed by atoms with van der Waals surface area (Å²) in [4.78, 5) is 55.2. The van der Waals surface area contributed by atoms with E-state index in [0.717, 1.165) is 10.3 Å². The molecule has 1 amide bonds. The smallest absolute Gasteiger partial charge is 0.325 e. The third-order valence-electron chi connectivity index (χ3n) is 4.82. The summed E-state index contributed by atoms with van der Waals surface area (Å²) in [5.74, 6) is 0.229. The Morgan fingerprint density at radius 1 is 1.06 bits per heavy atom. The summed E-state index contributed by atoms with van der Waals surface area (Å²) in [5, 5.41) is 2.73. The normalized spacial score (nSPS) is 11.0. The summed E-state index contributed by atoms with van der Waals surface area (Å²) in [6.45, 7) is 3.11. The van der Waals surface area contributed by atoms with Crippen molar-refractivity contribution in [3.05, 3.63) is 81.0 Å². The second-order valence-corrected chi connectivity index (χ2v) is 9.60. The Morgan fingerprint density at radius 3 is 2.39 bits per heavy atom. The summed E-state index contributed by atoms with van der Waals surface area (Å²) in [7, 11) is 0. The van der Waals surface area contributed by atoms with Gasteiger partial charge < -0.3 is 5.32 Å². The van der Waals surface area contributed by atoms with Crippen molar-refractivity contribution >= 4 is 50.8 Å². The van der Waals surface area contributed by atoms with Gasteiger partial charge in [-0.15, -0.1) is 11.3 Å². The highest BCUT2D eigenvalue weighted by Gasteiger charge is 2.20. The zero-order valence-electron chi connectivity index (χ0n) is 17.9.